The minimum Gasteiger partial charge on any atom is -0.290 e. The molecule has 0 N–H and O–H groups in total. The third-order valence-electron chi connectivity index (χ3n) is 3.99. The number of aryl methyl sites for hydroxylation is 1. The predicted octanol–water partition coefficient (Wildman–Crippen LogP) is 3.86. The number of aromatic nitrogens is 4. The summed E-state index contributed by atoms with van der Waals surface area (Å²) in [5.74, 6) is 1.67. The van der Waals surface area contributed by atoms with Gasteiger partial charge in [0.1, 0.15) is 12.1 Å². The molecular weight excluding hydrogens is 296 g/mol. The maximum absolute atomic E-state index is 6.11. The molecule has 2 heterocycles. The van der Waals surface area contributed by atoms with Crippen LogP contribution in [0.1, 0.15) is 24.1 Å². The van der Waals surface area contributed by atoms with E-state index in [1.54, 1.807) is 12.5 Å². The Kier molecular flexibility index (Phi) is 3.39. The summed E-state index contributed by atoms with van der Waals surface area (Å²) in [6.07, 6.45) is 9.90. The molecule has 1 aliphatic carbocycles. The quantitative estimate of drug-likeness (QED) is 0.722. The number of rotatable bonds is 2. The van der Waals surface area contributed by atoms with Crippen LogP contribution >= 0.6 is 11.6 Å². The highest BCUT2D eigenvalue weighted by Crippen LogP contribution is 2.28. The van der Waals surface area contributed by atoms with Gasteiger partial charge in [-0.05, 0) is 37.8 Å². The van der Waals surface area contributed by atoms with Crippen molar-refractivity contribution in [2.75, 3.05) is 0 Å². The highest BCUT2D eigenvalue weighted by molar-refractivity contribution is 6.30. The van der Waals surface area contributed by atoms with E-state index in [0.717, 1.165) is 35.7 Å². The van der Waals surface area contributed by atoms with E-state index in [2.05, 4.69) is 4.98 Å². The maximum Gasteiger partial charge on any atom is 0.161 e. The molecule has 1 aliphatic rings. The number of imidazole rings is 1. The molecule has 0 saturated carbocycles. The summed E-state index contributed by atoms with van der Waals surface area (Å²) in [7, 11) is 0. The third kappa shape index (κ3) is 2.40. The van der Waals surface area contributed by atoms with Crippen molar-refractivity contribution in [2.24, 2.45) is 0 Å². The zero-order chi connectivity index (χ0) is 14.9. The molecule has 0 fully saturated rings. The Morgan fingerprint density at radius 1 is 1.09 bits per heavy atom. The van der Waals surface area contributed by atoms with E-state index < -0.39 is 0 Å². The van der Waals surface area contributed by atoms with E-state index >= 15 is 0 Å². The van der Waals surface area contributed by atoms with E-state index in [1.165, 1.54) is 18.4 Å². The van der Waals surface area contributed by atoms with Crippen molar-refractivity contribution in [2.45, 2.75) is 25.7 Å². The lowest BCUT2D eigenvalue weighted by Crippen LogP contribution is -2.13. The molecule has 0 spiro atoms. The van der Waals surface area contributed by atoms with Crippen LogP contribution in [0.2, 0.25) is 5.02 Å². The minimum atomic E-state index is 0.697. The van der Waals surface area contributed by atoms with Crippen LogP contribution in [0.4, 0.5) is 0 Å². The molecule has 0 atom stereocenters. The number of halogens is 1. The smallest absolute Gasteiger partial charge is 0.161 e. The molecule has 0 amide bonds. The SMILES string of the molecule is Clc1cccc(-c2nc3c(c(-n4ccnc4)n2)CCCC3)c1. The van der Waals surface area contributed by atoms with Gasteiger partial charge in [0.2, 0.25) is 0 Å². The first kappa shape index (κ1) is 13.5. The summed E-state index contributed by atoms with van der Waals surface area (Å²) in [6, 6.07) is 7.69. The van der Waals surface area contributed by atoms with Crippen molar-refractivity contribution in [3.63, 3.8) is 0 Å². The van der Waals surface area contributed by atoms with Crippen LogP contribution in [0.5, 0.6) is 0 Å². The predicted molar refractivity (Wildman–Crippen MR) is 86.2 cm³/mol. The minimum absolute atomic E-state index is 0.697. The van der Waals surface area contributed by atoms with Gasteiger partial charge < -0.3 is 0 Å². The number of nitrogens with zero attached hydrogens (tertiary/aromatic N) is 4. The van der Waals surface area contributed by atoms with Crippen molar-refractivity contribution in [3.8, 4) is 17.2 Å². The van der Waals surface area contributed by atoms with Gasteiger partial charge in [-0.3, -0.25) is 4.57 Å². The second-order valence-electron chi connectivity index (χ2n) is 5.48. The van der Waals surface area contributed by atoms with Gasteiger partial charge >= 0.3 is 0 Å². The first-order valence-corrected chi connectivity index (χ1v) is 7.83. The second kappa shape index (κ2) is 5.54. The molecule has 0 unspecified atom stereocenters. The van der Waals surface area contributed by atoms with Crippen LogP contribution < -0.4 is 0 Å². The molecule has 0 bridgehead atoms. The Morgan fingerprint density at radius 2 is 2.00 bits per heavy atom. The zero-order valence-corrected chi connectivity index (χ0v) is 12.8. The van der Waals surface area contributed by atoms with Gasteiger partial charge in [0.25, 0.3) is 0 Å². The Labute approximate surface area is 133 Å². The number of hydrogen-bond acceptors (Lipinski definition) is 3. The first-order valence-electron chi connectivity index (χ1n) is 7.45. The average molecular weight is 311 g/mol. The normalized spacial score (nSPS) is 13.9. The summed E-state index contributed by atoms with van der Waals surface area (Å²) >= 11 is 6.11. The number of hydrogen-bond donors (Lipinski definition) is 0. The van der Waals surface area contributed by atoms with Crippen molar-refractivity contribution >= 4 is 11.6 Å². The third-order valence-corrected chi connectivity index (χ3v) is 4.23. The fraction of sp³-hybridized carbons (Fsp3) is 0.235. The van der Waals surface area contributed by atoms with E-state index in [0.29, 0.717) is 5.02 Å². The van der Waals surface area contributed by atoms with Crippen LogP contribution in [0.15, 0.2) is 43.0 Å². The van der Waals surface area contributed by atoms with Crippen molar-refractivity contribution in [1.82, 2.24) is 19.5 Å². The monoisotopic (exact) mass is 310 g/mol. The van der Waals surface area contributed by atoms with Gasteiger partial charge in [-0.1, -0.05) is 23.7 Å². The lowest BCUT2D eigenvalue weighted by atomic mass is 9.96. The Morgan fingerprint density at radius 3 is 2.82 bits per heavy atom. The summed E-state index contributed by atoms with van der Waals surface area (Å²) in [6.45, 7) is 0. The molecule has 0 saturated heterocycles. The molecule has 2 aromatic heterocycles. The number of benzene rings is 1. The van der Waals surface area contributed by atoms with E-state index in [9.17, 15) is 0 Å². The highest BCUT2D eigenvalue weighted by Gasteiger charge is 2.19. The van der Waals surface area contributed by atoms with Crippen LogP contribution in [0.3, 0.4) is 0 Å². The van der Waals surface area contributed by atoms with E-state index in [-0.39, 0.29) is 0 Å². The molecule has 0 aliphatic heterocycles. The van der Waals surface area contributed by atoms with Gasteiger partial charge in [0, 0.05) is 34.2 Å². The standard InChI is InChI=1S/C17H15ClN4/c18-13-5-3-4-12(10-13)16-20-15-7-2-1-6-14(15)17(21-16)22-9-8-19-11-22/h3-5,8-11H,1-2,6-7H2. The Bertz CT molecular complexity index is 812. The Hall–Kier alpha value is -2.20. The van der Waals surface area contributed by atoms with Gasteiger partial charge in [-0.25, -0.2) is 15.0 Å². The van der Waals surface area contributed by atoms with Crippen molar-refractivity contribution in [3.05, 3.63) is 59.3 Å². The topological polar surface area (TPSA) is 43.6 Å². The summed E-state index contributed by atoms with van der Waals surface area (Å²) in [4.78, 5) is 13.7. The first-order chi connectivity index (χ1) is 10.8. The molecule has 1 aromatic carbocycles. The van der Waals surface area contributed by atoms with E-state index in [1.807, 2.05) is 35.0 Å². The molecule has 4 rings (SSSR count). The second-order valence-corrected chi connectivity index (χ2v) is 5.92. The lowest BCUT2D eigenvalue weighted by Gasteiger charge is -2.19. The van der Waals surface area contributed by atoms with Crippen molar-refractivity contribution in [1.29, 1.82) is 0 Å². The molecule has 3 aromatic rings. The summed E-state index contributed by atoms with van der Waals surface area (Å²) in [5.41, 5.74) is 3.34. The maximum atomic E-state index is 6.11. The molecule has 0 radical (unpaired) electrons. The highest BCUT2D eigenvalue weighted by atomic mass is 35.5. The Balaban J connectivity index is 1.92. The van der Waals surface area contributed by atoms with Gasteiger partial charge in [-0.15, -0.1) is 0 Å². The molecule has 4 nitrogen and oxygen atoms in total. The summed E-state index contributed by atoms with van der Waals surface area (Å²) < 4.78 is 1.97. The van der Waals surface area contributed by atoms with E-state index in [4.69, 9.17) is 21.6 Å². The van der Waals surface area contributed by atoms with Crippen LogP contribution in [0, 0.1) is 0 Å². The van der Waals surface area contributed by atoms with Crippen LogP contribution in [-0.2, 0) is 12.8 Å². The molecule has 5 heteroatoms. The molecular formula is C17H15ClN4. The van der Waals surface area contributed by atoms with Crippen LogP contribution in [0.25, 0.3) is 17.2 Å². The average Bonchev–Trinajstić information content (AvgIpc) is 3.08. The molecule has 22 heavy (non-hydrogen) atoms. The van der Waals surface area contributed by atoms with Gasteiger partial charge in [-0.2, -0.15) is 0 Å². The molecule has 110 valence electrons. The number of fused-ring (bicyclic) bond motifs is 1. The van der Waals surface area contributed by atoms with Gasteiger partial charge in [0.15, 0.2) is 5.82 Å². The fourth-order valence-electron chi connectivity index (χ4n) is 2.93. The lowest BCUT2D eigenvalue weighted by molar-refractivity contribution is 0.657. The fourth-order valence-corrected chi connectivity index (χ4v) is 3.12. The van der Waals surface area contributed by atoms with Gasteiger partial charge in [0.05, 0.1) is 0 Å². The van der Waals surface area contributed by atoms with Crippen molar-refractivity contribution < 1.29 is 0 Å². The van der Waals surface area contributed by atoms with Crippen LogP contribution in [-0.4, -0.2) is 19.5 Å². The largest absolute Gasteiger partial charge is 0.290 e. The zero-order valence-electron chi connectivity index (χ0n) is 12.0. The summed E-state index contributed by atoms with van der Waals surface area (Å²) in [5, 5.41) is 0.697.